The summed E-state index contributed by atoms with van der Waals surface area (Å²) in [5.41, 5.74) is 0.395. The molecule has 0 saturated carbocycles. The molecule has 0 bridgehead atoms. The van der Waals surface area contributed by atoms with Gasteiger partial charge in [-0.15, -0.1) is 0 Å². The summed E-state index contributed by atoms with van der Waals surface area (Å²) >= 11 is 2.03. The molecule has 1 N–H and O–H groups in total. The second kappa shape index (κ2) is 8.71. The van der Waals surface area contributed by atoms with Crippen LogP contribution in [0.4, 0.5) is 0 Å². The van der Waals surface area contributed by atoms with Gasteiger partial charge >= 0.3 is 0 Å². The Labute approximate surface area is 146 Å². The van der Waals surface area contributed by atoms with Gasteiger partial charge in [-0.25, -0.2) is 0 Å². The van der Waals surface area contributed by atoms with Crippen molar-refractivity contribution < 1.29 is 4.55 Å². The predicted octanol–water partition coefficient (Wildman–Crippen LogP) is 3.89. The minimum absolute atomic E-state index is 0.197. The Morgan fingerprint density at radius 3 is 2.14 bits per heavy atom. The van der Waals surface area contributed by atoms with Crippen molar-refractivity contribution in [1.29, 1.82) is 0 Å². The van der Waals surface area contributed by atoms with E-state index in [1.165, 1.54) is 32.2 Å². The van der Waals surface area contributed by atoms with E-state index >= 15 is 0 Å². The first-order valence-corrected chi connectivity index (χ1v) is 12.1. The molecule has 1 unspecified atom stereocenters. The standard InChI is InChI=1S/C16H33IN2OS/c1-6-7-9-19(10-8-11-21(17)20)14-12-15(2,3)18-16(4,5)13-14/h14,18H,6-13H2,1-5H3. The minimum atomic E-state index is -0.692. The van der Waals surface area contributed by atoms with E-state index in [1.54, 1.807) is 0 Å². The lowest BCUT2D eigenvalue weighted by atomic mass is 9.79. The molecule has 1 saturated heterocycles. The lowest BCUT2D eigenvalue weighted by Gasteiger charge is -2.49. The number of halogens is 1. The van der Waals surface area contributed by atoms with E-state index in [4.69, 9.17) is 0 Å². The third kappa shape index (κ3) is 7.86. The average Bonchev–Trinajstić information content (AvgIpc) is 2.29. The van der Waals surface area contributed by atoms with Crippen molar-refractivity contribution in [2.24, 2.45) is 0 Å². The first-order chi connectivity index (χ1) is 9.65. The van der Waals surface area contributed by atoms with Gasteiger partial charge in [0.15, 0.2) is 0 Å². The zero-order valence-corrected chi connectivity index (χ0v) is 17.3. The number of piperidine rings is 1. The first-order valence-electron chi connectivity index (χ1n) is 8.23. The Hall–Kier alpha value is 0.960. The summed E-state index contributed by atoms with van der Waals surface area (Å²) in [6.45, 7) is 13.8. The summed E-state index contributed by atoms with van der Waals surface area (Å²) in [5.74, 6) is 0.820. The first kappa shape index (κ1) is 20.0. The molecule has 5 heteroatoms. The molecule has 1 rings (SSSR count). The van der Waals surface area contributed by atoms with Gasteiger partial charge in [0.2, 0.25) is 21.2 Å². The molecule has 126 valence electrons. The van der Waals surface area contributed by atoms with Crippen molar-refractivity contribution in [3.8, 4) is 0 Å². The van der Waals surface area contributed by atoms with Crippen LogP contribution in [0.3, 0.4) is 0 Å². The van der Waals surface area contributed by atoms with Gasteiger partial charge in [-0.1, -0.05) is 13.3 Å². The van der Waals surface area contributed by atoms with E-state index in [9.17, 15) is 4.55 Å². The molecule has 0 radical (unpaired) electrons. The van der Waals surface area contributed by atoms with Crippen LogP contribution >= 0.6 is 21.2 Å². The summed E-state index contributed by atoms with van der Waals surface area (Å²) in [7, 11) is -0.692. The zero-order chi connectivity index (χ0) is 16.1. The number of rotatable bonds is 8. The van der Waals surface area contributed by atoms with Crippen molar-refractivity contribution in [2.75, 3.05) is 18.8 Å². The van der Waals surface area contributed by atoms with Crippen molar-refractivity contribution in [3.05, 3.63) is 0 Å². The van der Waals surface area contributed by atoms with Gasteiger partial charge in [-0.05, 0) is 53.5 Å². The van der Waals surface area contributed by atoms with Crippen LogP contribution in [0.1, 0.15) is 66.7 Å². The Bertz CT molecular complexity index is 295. The fourth-order valence-electron chi connectivity index (χ4n) is 3.75. The van der Waals surface area contributed by atoms with Crippen LogP contribution < -0.4 is 5.32 Å². The largest absolute Gasteiger partial charge is 0.609 e. The molecule has 21 heavy (non-hydrogen) atoms. The molecule has 0 aromatic rings. The van der Waals surface area contributed by atoms with Crippen LogP contribution in [-0.2, 0) is 8.35 Å². The molecule has 0 aromatic carbocycles. The highest BCUT2D eigenvalue weighted by atomic mass is 127. The molecule has 3 nitrogen and oxygen atoms in total. The maximum atomic E-state index is 11.3. The second-order valence-electron chi connectivity index (χ2n) is 7.69. The predicted molar refractivity (Wildman–Crippen MR) is 102 cm³/mol. The Morgan fingerprint density at radius 1 is 1.14 bits per heavy atom. The molecule has 0 aliphatic carbocycles. The summed E-state index contributed by atoms with van der Waals surface area (Å²) < 4.78 is 11.3. The van der Waals surface area contributed by atoms with Crippen molar-refractivity contribution >= 4 is 29.6 Å². The number of unbranched alkanes of at least 4 members (excludes halogenated alkanes) is 1. The highest BCUT2D eigenvalue weighted by molar-refractivity contribution is 14.2. The number of hydrogen-bond donors (Lipinski definition) is 1. The lowest BCUT2D eigenvalue weighted by molar-refractivity contribution is 0.0652. The fraction of sp³-hybridized carbons (Fsp3) is 1.00. The van der Waals surface area contributed by atoms with Crippen molar-refractivity contribution in [2.45, 2.75) is 83.8 Å². The van der Waals surface area contributed by atoms with Crippen LogP contribution in [0.25, 0.3) is 0 Å². The summed E-state index contributed by atoms with van der Waals surface area (Å²) in [4.78, 5) is 2.66. The fourth-order valence-corrected chi connectivity index (χ4v) is 5.04. The topological polar surface area (TPSA) is 38.3 Å². The third-order valence-electron chi connectivity index (χ3n) is 4.23. The summed E-state index contributed by atoms with van der Waals surface area (Å²) in [5, 5.41) is 3.77. The smallest absolute Gasteiger partial charge is 0.248 e. The monoisotopic (exact) mass is 428 g/mol. The van der Waals surface area contributed by atoms with Gasteiger partial charge in [0.05, 0.1) is 0 Å². The van der Waals surface area contributed by atoms with Gasteiger partial charge in [-0.2, -0.15) is 0 Å². The second-order valence-corrected chi connectivity index (χ2v) is 11.6. The molecule has 0 aromatic heterocycles. The Morgan fingerprint density at radius 2 is 1.67 bits per heavy atom. The summed E-state index contributed by atoms with van der Waals surface area (Å²) in [6.07, 6.45) is 5.95. The van der Waals surface area contributed by atoms with Gasteiger partial charge in [0.25, 0.3) is 0 Å². The molecule has 1 heterocycles. The number of nitrogens with one attached hydrogen (secondary N) is 1. The van der Waals surface area contributed by atoms with Gasteiger partial charge < -0.3 is 14.8 Å². The van der Waals surface area contributed by atoms with Crippen molar-refractivity contribution in [3.63, 3.8) is 0 Å². The third-order valence-corrected chi connectivity index (χ3v) is 6.16. The molecular weight excluding hydrogens is 395 g/mol. The van der Waals surface area contributed by atoms with Crippen LogP contribution in [0.5, 0.6) is 0 Å². The number of hydrogen-bond acceptors (Lipinski definition) is 3. The van der Waals surface area contributed by atoms with Crippen LogP contribution in [-0.4, -0.2) is 45.4 Å². The maximum Gasteiger partial charge on any atom is 0.248 e. The molecule has 1 atom stereocenters. The molecule has 0 spiro atoms. The Kier molecular flexibility index (Phi) is 8.30. The molecule has 1 aliphatic heterocycles. The van der Waals surface area contributed by atoms with Gasteiger partial charge in [0, 0.05) is 38.4 Å². The summed E-state index contributed by atoms with van der Waals surface area (Å²) in [6, 6.07) is 0.644. The quantitative estimate of drug-likeness (QED) is 0.471. The number of nitrogens with zero attached hydrogens (tertiary/aromatic N) is 1. The Balaban J connectivity index is 2.66. The lowest BCUT2D eigenvalue weighted by Crippen LogP contribution is -2.62. The van der Waals surface area contributed by atoms with E-state index in [0.717, 1.165) is 18.7 Å². The average molecular weight is 428 g/mol. The highest BCUT2D eigenvalue weighted by Gasteiger charge is 2.39. The van der Waals surface area contributed by atoms with E-state index in [0.29, 0.717) is 6.04 Å². The van der Waals surface area contributed by atoms with E-state index in [1.807, 2.05) is 21.2 Å². The van der Waals surface area contributed by atoms with Crippen LogP contribution in [0, 0.1) is 0 Å². The zero-order valence-electron chi connectivity index (χ0n) is 14.4. The normalized spacial score (nSPS) is 23.4. The van der Waals surface area contributed by atoms with Crippen LogP contribution in [0.15, 0.2) is 0 Å². The van der Waals surface area contributed by atoms with Gasteiger partial charge in [0.1, 0.15) is 5.75 Å². The highest BCUT2D eigenvalue weighted by Crippen LogP contribution is 2.31. The minimum Gasteiger partial charge on any atom is -0.609 e. The van der Waals surface area contributed by atoms with E-state index < -0.39 is 8.35 Å². The van der Waals surface area contributed by atoms with E-state index in [2.05, 4.69) is 44.8 Å². The van der Waals surface area contributed by atoms with Crippen LogP contribution in [0.2, 0.25) is 0 Å². The SMILES string of the molecule is CCCCN(CCC[S+]([O-])I)C1CC(C)(C)NC(C)(C)C1. The molecule has 1 fully saturated rings. The molecule has 1 aliphatic rings. The molecular formula is C16H33IN2OS. The van der Waals surface area contributed by atoms with Gasteiger partial charge in [-0.3, -0.25) is 0 Å². The van der Waals surface area contributed by atoms with Crippen molar-refractivity contribution in [1.82, 2.24) is 10.2 Å². The van der Waals surface area contributed by atoms with E-state index in [-0.39, 0.29) is 11.1 Å². The maximum absolute atomic E-state index is 11.3. The molecule has 0 amide bonds.